The summed E-state index contributed by atoms with van der Waals surface area (Å²) in [6.07, 6.45) is 0. The minimum Gasteiger partial charge on any atom is -0.496 e. The maximum absolute atomic E-state index is 12.5. The van der Waals surface area contributed by atoms with Gasteiger partial charge in [-0.1, -0.05) is 30.3 Å². The van der Waals surface area contributed by atoms with Gasteiger partial charge in [-0.3, -0.25) is 4.79 Å². The van der Waals surface area contributed by atoms with Gasteiger partial charge < -0.3 is 14.5 Å². The van der Waals surface area contributed by atoms with E-state index in [-0.39, 0.29) is 5.56 Å². The molecule has 0 aliphatic rings. The van der Waals surface area contributed by atoms with E-state index in [0.717, 1.165) is 5.52 Å². The minimum absolute atomic E-state index is 0.289. The number of hydrogen-bond donors (Lipinski definition) is 1. The van der Waals surface area contributed by atoms with E-state index < -0.39 is 11.8 Å². The van der Waals surface area contributed by atoms with Crippen LogP contribution in [0.5, 0.6) is 5.75 Å². The predicted octanol–water partition coefficient (Wildman–Crippen LogP) is 3.20. The number of H-pyrrole nitrogens is 1. The quantitative estimate of drug-likeness (QED) is 0.456. The molecule has 3 rings (SSSR count). The lowest BCUT2D eigenvalue weighted by Crippen LogP contribution is -2.16. The highest BCUT2D eigenvalue weighted by molar-refractivity contribution is 6.44. The number of benzene rings is 2. The first kappa shape index (κ1) is 14.8. The number of para-hydroxylation sites is 2. The molecule has 1 N–H and O–H groups in total. The average Bonchev–Trinajstić information content (AvgIpc) is 2.99. The molecule has 0 unspecified atom stereocenters. The molecular weight excluding hydrogens is 294 g/mol. The Bertz CT molecular complexity index is 895. The van der Waals surface area contributed by atoms with Crippen LogP contribution in [-0.2, 0) is 9.53 Å². The normalized spacial score (nSPS) is 10.5. The summed E-state index contributed by atoms with van der Waals surface area (Å²) in [6.45, 7) is 0. The van der Waals surface area contributed by atoms with Crippen LogP contribution in [0.25, 0.3) is 22.2 Å². The first-order chi connectivity index (χ1) is 11.2. The molecule has 0 saturated heterocycles. The molecular formula is C18H15NO4. The molecule has 0 amide bonds. The van der Waals surface area contributed by atoms with Crippen molar-refractivity contribution in [2.45, 2.75) is 0 Å². The Morgan fingerprint density at radius 2 is 1.65 bits per heavy atom. The molecule has 1 heterocycles. The number of carbonyl (C=O) groups excluding carboxylic acids is 2. The van der Waals surface area contributed by atoms with Gasteiger partial charge in [0, 0.05) is 16.5 Å². The Labute approximate surface area is 132 Å². The van der Waals surface area contributed by atoms with Crippen LogP contribution in [0.1, 0.15) is 10.4 Å². The van der Waals surface area contributed by atoms with Crippen LogP contribution >= 0.6 is 0 Å². The van der Waals surface area contributed by atoms with E-state index in [4.69, 9.17) is 4.74 Å². The van der Waals surface area contributed by atoms with Crippen LogP contribution in [0.2, 0.25) is 0 Å². The zero-order chi connectivity index (χ0) is 16.4. The van der Waals surface area contributed by atoms with Crippen molar-refractivity contribution in [3.05, 3.63) is 54.1 Å². The highest BCUT2D eigenvalue weighted by atomic mass is 16.5. The lowest BCUT2D eigenvalue weighted by Gasteiger charge is -2.08. The van der Waals surface area contributed by atoms with Gasteiger partial charge in [-0.15, -0.1) is 0 Å². The highest BCUT2D eigenvalue weighted by Gasteiger charge is 2.26. The number of methoxy groups -OCH3 is 2. The van der Waals surface area contributed by atoms with Gasteiger partial charge in [0.05, 0.1) is 25.5 Å². The monoisotopic (exact) mass is 309 g/mol. The van der Waals surface area contributed by atoms with E-state index in [2.05, 4.69) is 9.72 Å². The zero-order valence-electron chi connectivity index (χ0n) is 12.8. The fraction of sp³-hybridized carbons (Fsp3) is 0.111. The number of aromatic amines is 1. The Kier molecular flexibility index (Phi) is 3.85. The topological polar surface area (TPSA) is 68.4 Å². The molecule has 0 radical (unpaired) electrons. The summed E-state index contributed by atoms with van der Waals surface area (Å²) in [5.74, 6) is -0.977. The zero-order valence-corrected chi connectivity index (χ0v) is 12.8. The summed E-state index contributed by atoms with van der Waals surface area (Å²) in [7, 11) is 2.75. The number of esters is 1. The summed E-state index contributed by atoms with van der Waals surface area (Å²) in [4.78, 5) is 27.5. The second kappa shape index (κ2) is 5.96. The Morgan fingerprint density at radius 3 is 2.39 bits per heavy atom. The van der Waals surface area contributed by atoms with Crippen molar-refractivity contribution in [1.82, 2.24) is 4.98 Å². The average molecular weight is 309 g/mol. The van der Waals surface area contributed by atoms with Gasteiger partial charge in [0.25, 0.3) is 5.78 Å². The lowest BCUT2D eigenvalue weighted by molar-refractivity contribution is -0.135. The first-order valence-corrected chi connectivity index (χ1v) is 7.04. The highest BCUT2D eigenvalue weighted by Crippen LogP contribution is 2.35. The van der Waals surface area contributed by atoms with Crippen molar-refractivity contribution in [1.29, 1.82) is 0 Å². The van der Waals surface area contributed by atoms with Crippen molar-refractivity contribution in [3.8, 4) is 17.0 Å². The molecule has 3 aromatic rings. The minimum atomic E-state index is -0.897. The Morgan fingerprint density at radius 1 is 0.957 bits per heavy atom. The van der Waals surface area contributed by atoms with E-state index in [1.807, 2.05) is 36.4 Å². The molecule has 5 heteroatoms. The molecule has 0 fully saturated rings. The van der Waals surface area contributed by atoms with Gasteiger partial charge in [-0.05, 0) is 18.2 Å². The van der Waals surface area contributed by atoms with Gasteiger partial charge in [0.1, 0.15) is 5.75 Å². The van der Waals surface area contributed by atoms with E-state index in [9.17, 15) is 9.59 Å². The molecule has 5 nitrogen and oxygen atoms in total. The SMILES string of the molecule is COC(=O)C(=O)c1c(-c2ccccc2OC)[nH]c2ccccc12. The fourth-order valence-electron chi connectivity index (χ4n) is 2.63. The number of aromatic nitrogens is 1. The number of ketones is 1. The van der Waals surface area contributed by atoms with E-state index in [1.165, 1.54) is 7.11 Å². The van der Waals surface area contributed by atoms with Crippen LogP contribution in [0.4, 0.5) is 0 Å². The largest absolute Gasteiger partial charge is 0.496 e. The van der Waals surface area contributed by atoms with Crippen molar-refractivity contribution < 1.29 is 19.1 Å². The van der Waals surface area contributed by atoms with E-state index in [1.54, 1.807) is 19.2 Å². The summed E-state index contributed by atoms with van der Waals surface area (Å²) < 4.78 is 9.97. The van der Waals surface area contributed by atoms with Crippen LogP contribution in [0, 0.1) is 0 Å². The molecule has 0 saturated carbocycles. The third kappa shape index (κ3) is 2.46. The number of rotatable bonds is 4. The van der Waals surface area contributed by atoms with Gasteiger partial charge in [-0.2, -0.15) is 0 Å². The third-order valence-electron chi connectivity index (χ3n) is 3.68. The fourth-order valence-corrected chi connectivity index (χ4v) is 2.63. The second-order valence-electron chi connectivity index (χ2n) is 4.94. The number of carbonyl (C=O) groups is 2. The smallest absolute Gasteiger partial charge is 0.379 e. The predicted molar refractivity (Wildman–Crippen MR) is 86.6 cm³/mol. The molecule has 0 bridgehead atoms. The van der Waals surface area contributed by atoms with Crippen LogP contribution < -0.4 is 4.74 Å². The first-order valence-electron chi connectivity index (χ1n) is 7.04. The molecule has 0 spiro atoms. The van der Waals surface area contributed by atoms with Gasteiger partial charge in [0.2, 0.25) is 0 Å². The van der Waals surface area contributed by atoms with E-state index in [0.29, 0.717) is 22.4 Å². The van der Waals surface area contributed by atoms with Gasteiger partial charge in [-0.25, -0.2) is 4.79 Å². The van der Waals surface area contributed by atoms with Gasteiger partial charge >= 0.3 is 5.97 Å². The van der Waals surface area contributed by atoms with Crippen LogP contribution in [0.3, 0.4) is 0 Å². The Hall–Kier alpha value is -3.08. The third-order valence-corrected chi connectivity index (χ3v) is 3.68. The van der Waals surface area contributed by atoms with Crippen molar-refractivity contribution in [2.24, 2.45) is 0 Å². The van der Waals surface area contributed by atoms with Gasteiger partial charge in [0.15, 0.2) is 0 Å². The number of hydrogen-bond acceptors (Lipinski definition) is 4. The molecule has 1 aromatic heterocycles. The number of ether oxygens (including phenoxy) is 2. The summed E-state index contributed by atoms with van der Waals surface area (Å²) in [6, 6.07) is 14.6. The number of nitrogens with one attached hydrogen (secondary N) is 1. The lowest BCUT2D eigenvalue weighted by atomic mass is 10.0. The maximum Gasteiger partial charge on any atom is 0.379 e. The summed E-state index contributed by atoms with van der Waals surface area (Å²) >= 11 is 0. The number of fused-ring (bicyclic) bond motifs is 1. The van der Waals surface area contributed by atoms with Crippen molar-refractivity contribution in [2.75, 3.05) is 14.2 Å². The summed E-state index contributed by atoms with van der Waals surface area (Å²) in [5, 5.41) is 0.670. The maximum atomic E-state index is 12.5. The second-order valence-corrected chi connectivity index (χ2v) is 4.94. The molecule has 116 valence electrons. The van der Waals surface area contributed by atoms with Crippen LogP contribution in [0.15, 0.2) is 48.5 Å². The van der Waals surface area contributed by atoms with Crippen molar-refractivity contribution >= 4 is 22.7 Å². The molecule has 0 aliphatic heterocycles. The number of Topliss-reactive ketones (excluding diaryl/α,β-unsaturated/α-hetero) is 1. The molecule has 0 atom stereocenters. The van der Waals surface area contributed by atoms with Crippen LogP contribution in [-0.4, -0.2) is 31.0 Å². The molecule has 2 aromatic carbocycles. The standard InChI is InChI=1S/C18H15NO4/c1-22-14-10-6-4-8-12(14)16-15(17(20)18(21)23-2)11-7-3-5-9-13(11)19-16/h3-10,19H,1-2H3. The van der Waals surface area contributed by atoms with E-state index >= 15 is 0 Å². The molecule has 0 aliphatic carbocycles. The Balaban J connectivity index is 2.32. The van der Waals surface area contributed by atoms with Crippen molar-refractivity contribution in [3.63, 3.8) is 0 Å². The molecule has 23 heavy (non-hydrogen) atoms. The summed E-state index contributed by atoms with van der Waals surface area (Å²) in [5.41, 5.74) is 2.30.